The molecule has 3 nitrogen and oxygen atoms in total. The van der Waals surface area contributed by atoms with Crippen molar-refractivity contribution in [1.29, 1.82) is 5.26 Å². The third kappa shape index (κ3) is 3.53. The van der Waals surface area contributed by atoms with Crippen molar-refractivity contribution in [2.75, 3.05) is 31.6 Å². The Hall–Kier alpha value is -1.05. The van der Waals surface area contributed by atoms with Crippen molar-refractivity contribution in [3.05, 3.63) is 28.2 Å². The number of likely N-dealkylation sites (N-methyl/N-ethyl adjacent to an activating group) is 1. The van der Waals surface area contributed by atoms with Gasteiger partial charge >= 0.3 is 0 Å². The Kier molecular flexibility index (Phi) is 5.06. The van der Waals surface area contributed by atoms with E-state index < -0.39 is 0 Å². The molecule has 0 radical (unpaired) electrons. The number of hydrogen-bond donors (Lipinski definition) is 0. The molecule has 0 amide bonds. The SMILES string of the molecule is Cc1ccc(N2CC(C)CN(C)CC2CC#N)cc1Br. The smallest absolute Gasteiger partial charge is 0.0643 e. The van der Waals surface area contributed by atoms with Crippen LogP contribution in [0.4, 0.5) is 5.69 Å². The summed E-state index contributed by atoms with van der Waals surface area (Å²) >= 11 is 3.62. The van der Waals surface area contributed by atoms with Crippen LogP contribution in [0.15, 0.2) is 22.7 Å². The third-order valence-corrected chi connectivity index (χ3v) is 4.76. The quantitative estimate of drug-likeness (QED) is 0.829. The summed E-state index contributed by atoms with van der Waals surface area (Å²) in [5, 5.41) is 9.12. The van der Waals surface area contributed by atoms with Crippen LogP contribution in [-0.2, 0) is 0 Å². The van der Waals surface area contributed by atoms with E-state index in [-0.39, 0.29) is 6.04 Å². The third-order valence-electron chi connectivity index (χ3n) is 3.91. The molecule has 0 bridgehead atoms. The number of hydrogen-bond acceptors (Lipinski definition) is 3. The highest BCUT2D eigenvalue weighted by Gasteiger charge is 2.26. The lowest BCUT2D eigenvalue weighted by Crippen LogP contribution is -2.40. The predicted molar refractivity (Wildman–Crippen MR) is 86.9 cm³/mol. The summed E-state index contributed by atoms with van der Waals surface area (Å²) in [6.45, 7) is 7.42. The predicted octanol–water partition coefficient (Wildman–Crippen LogP) is 3.43. The first-order chi connectivity index (χ1) is 9.51. The first-order valence-corrected chi connectivity index (χ1v) is 7.89. The molecule has 0 saturated carbocycles. The molecule has 0 N–H and O–H groups in total. The number of aryl methyl sites for hydroxylation is 1. The minimum absolute atomic E-state index is 0.268. The van der Waals surface area contributed by atoms with E-state index in [1.165, 1.54) is 11.3 Å². The fourth-order valence-electron chi connectivity index (χ4n) is 2.96. The second kappa shape index (κ2) is 6.60. The maximum atomic E-state index is 9.12. The molecule has 1 saturated heterocycles. The normalized spacial score (nSPS) is 24.2. The van der Waals surface area contributed by atoms with Crippen LogP contribution in [0.1, 0.15) is 18.9 Å². The minimum atomic E-state index is 0.268. The second-order valence-electron chi connectivity index (χ2n) is 5.93. The van der Waals surface area contributed by atoms with Crippen LogP contribution in [0.3, 0.4) is 0 Å². The molecule has 4 heteroatoms. The van der Waals surface area contributed by atoms with Gasteiger partial charge in [-0.15, -0.1) is 0 Å². The van der Waals surface area contributed by atoms with Gasteiger partial charge in [0.15, 0.2) is 0 Å². The molecule has 108 valence electrons. The lowest BCUT2D eigenvalue weighted by molar-refractivity contribution is 0.304. The highest BCUT2D eigenvalue weighted by atomic mass is 79.9. The van der Waals surface area contributed by atoms with Crippen LogP contribution in [0, 0.1) is 24.2 Å². The molecule has 0 aromatic heterocycles. The maximum absolute atomic E-state index is 9.12. The van der Waals surface area contributed by atoms with E-state index in [1.807, 2.05) is 0 Å². The largest absolute Gasteiger partial charge is 0.366 e. The molecule has 0 spiro atoms. The zero-order valence-electron chi connectivity index (χ0n) is 12.4. The Labute approximate surface area is 130 Å². The van der Waals surface area contributed by atoms with E-state index >= 15 is 0 Å². The fourth-order valence-corrected chi connectivity index (χ4v) is 3.33. The standard InChI is InChI=1S/C16H22BrN3/c1-12-9-19(3)11-15(6-7-18)20(10-12)14-5-4-13(2)16(17)8-14/h4-5,8,12,15H,6,9-11H2,1-3H3. The summed E-state index contributed by atoms with van der Waals surface area (Å²) in [6, 6.07) is 9.10. The Balaban J connectivity index is 2.32. The van der Waals surface area contributed by atoms with Gasteiger partial charge in [0.25, 0.3) is 0 Å². The summed E-state index contributed by atoms with van der Waals surface area (Å²) in [7, 11) is 2.15. The van der Waals surface area contributed by atoms with Crippen molar-refractivity contribution < 1.29 is 0 Å². The van der Waals surface area contributed by atoms with E-state index in [2.05, 4.69) is 70.9 Å². The number of halogens is 1. The topological polar surface area (TPSA) is 30.3 Å². The highest BCUT2D eigenvalue weighted by Crippen LogP contribution is 2.28. The van der Waals surface area contributed by atoms with Gasteiger partial charge in [-0.25, -0.2) is 0 Å². The summed E-state index contributed by atoms with van der Waals surface area (Å²) in [6.07, 6.45) is 0.572. The van der Waals surface area contributed by atoms with Gasteiger partial charge in [-0.05, 0) is 37.6 Å². The molecule has 1 fully saturated rings. The van der Waals surface area contributed by atoms with E-state index in [4.69, 9.17) is 5.26 Å². The first kappa shape index (κ1) is 15.3. The molecule has 1 aliphatic rings. The van der Waals surface area contributed by atoms with Gasteiger partial charge in [0, 0.05) is 29.8 Å². The number of nitriles is 1. The van der Waals surface area contributed by atoms with Crippen molar-refractivity contribution in [2.45, 2.75) is 26.3 Å². The zero-order valence-corrected chi connectivity index (χ0v) is 14.0. The van der Waals surface area contributed by atoms with E-state index in [0.29, 0.717) is 12.3 Å². The van der Waals surface area contributed by atoms with Gasteiger partial charge in [-0.1, -0.05) is 28.9 Å². The number of rotatable bonds is 2. The van der Waals surface area contributed by atoms with Gasteiger partial charge < -0.3 is 9.80 Å². The van der Waals surface area contributed by atoms with Crippen LogP contribution in [0.5, 0.6) is 0 Å². The average molecular weight is 336 g/mol. The zero-order chi connectivity index (χ0) is 14.7. The van der Waals surface area contributed by atoms with Crippen molar-refractivity contribution in [2.24, 2.45) is 5.92 Å². The Morgan fingerprint density at radius 3 is 2.75 bits per heavy atom. The monoisotopic (exact) mass is 335 g/mol. The Morgan fingerprint density at radius 1 is 1.35 bits per heavy atom. The van der Waals surface area contributed by atoms with Crippen molar-refractivity contribution in [1.82, 2.24) is 4.90 Å². The minimum Gasteiger partial charge on any atom is -0.366 e. The van der Waals surface area contributed by atoms with Gasteiger partial charge in [0.2, 0.25) is 0 Å². The van der Waals surface area contributed by atoms with Crippen LogP contribution >= 0.6 is 15.9 Å². The molecule has 1 aliphatic heterocycles. The van der Waals surface area contributed by atoms with Gasteiger partial charge in [-0.3, -0.25) is 0 Å². The number of anilines is 1. The Bertz CT molecular complexity index is 509. The maximum Gasteiger partial charge on any atom is 0.0643 e. The van der Waals surface area contributed by atoms with Crippen LogP contribution in [0.25, 0.3) is 0 Å². The molecule has 1 heterocycles. The molecular formula is C16H22BrN3. The van der Waals surface area contributed by atoms with Crippen LogP contribution < -0.4 is 4.90 Å². The molecular weight excluding hydrogens is 314 g/mol. The second-order valence-corrected chi connectivity index (χ2v) is 6.78. The molecule has 1 aromatic rings. The van der Waals surface area contributed by atoms with E-state index in [0.717, 1.165) is 24.1 Å². The highest BCUT2D eigenvalue weighted by molar-refractivity contribution is 9.10. The Morgan fingerprint density at radius 2 is 2.10 bits per heavy atom. The molecule has 0 aliphatic carbocycles. The number of benzene rings is 1. The van der Waals surface area contributed by atoms with E-state index in [9.17, 15) is 0 Å². The summed E-state index contributed by atoms with van der Waals surface area (Å²) in [5.74, 6) is 0.601. The molecule has 2 unspecified atom stereocenters. The lowest BCUT2D eigenvalue weighted by Gasteiger charge is -2.32. The number of nitrogens with zero attached hydrogens (tertiary/aromatic N) is 3. The fraction of sp³-hybridized carbons (Fsp3) is 0.562. The molecule has 1 aromatic carbocycles. The van der Waals surface area contributed by atoms with Gasteiger partial charge in [0.1, 0.15) is 0 Å². The van der Waals surface area contributed by atoms with E-state index in [1.54, 1.807) is 0 Å². The lowest BCUT2D eigenvalue weighted by atomic mass is 10.1. The molecule has 20 heavy (non-hydrogen) atoms. The first-order valence-electron chi connectivity index (χ1n) is 7.09. The molecule has 2 atom stereocenters. The molecule has 2 rings (SSSR count). The summed E-state index contributed by atoms with van der Waals surface area (Å²) in [5.41, 5.74) is 2.45. The van der Waals surface area contributed by atoms with Crippen molar-refractivity contribution in [3.63, 3.8) is 0 Å². The summed E-state index contributed by atoms with van der Waals surface area (Å²) < 4.78 is 1.14. The van der Waals surface area contributed by atoms with Crippen LogP contribution in [-0.4, -0.2) is 37.6 Å². The average Bonchev–Trinajstić information content (AvgIpc) is 2.52. The van der Waals surface area contributed by atoms with Crippen LogP contribution in [0.2, 0.25) is 0 Å². The van der Waals surface area contributed by atoms with Gasteiger partial charge in [0.05, 0.1) is 18.5 Å². The van der Waals surface area contributed by atoms with Crippen molar-refractivity contribution in [3.8, 4) is 6.07 Å². The van der Waals surface area contributed by atoms with Gasteiger partial charge in [-0.2, -0.15) is 5.26 Å². The summed E-state index contributed by atoms with van der Waals surface area (Å²) in [4.78, 5) is 4.75. The van der Waals surface area contributed by atoms with Crippen molar-refractivity contribution >= 4 is 21.6 Å².